The maximum absolute atomic E-state index is 6.32. The third-order valence-corrected chi connectivity index (χ3v) is 3.41. The molecule has 1 aliphatic rings. The van der Waals surface area contributed by atoms with Gasteiger partial charge in [-0.25, -0.2) is 0 Å². The van der Waals surface area contributed by atoms with E-state index >= 15 is 0 Å². The van der Waals surface area contributed by atoms with Crippen LogP contribution >= 0.6 is 0 Å². The maximum Gasteiger partial charge on any atom is 0.0619 e. The monoisotopic (exact) mass is 220 g/mol. The summed E-state index contributed by atoms with van der Waals surface area (Å²) < 4.78 is 5.69. The van der Waals surface area contributed by atoms with Crippen molar-refractivity contribution in [1.82, 2.24) is 4.98 Å². The normalized spacial score (nSPS) is 26.9. The van der Waals surface area contributed by atoms with Gasteiger partial charge in [0.2, 0.25) is 0 Å². The Morgan fingerprint density at radius 2 is 2.38 bits per heavy atom. The van der Waals surface area contributed by atoms with Crippen LogP contribution < -0.4 is 5.73 Å². The van der Waals surface area contributed by atoms with Crippen LogP contribution in [0.5, 0.6) is 0 Å². The molecule has 1 fully saturated rings. The van der Waals surface area contributed by atoms with Gasteiger partial charge in [0.05, 0.1) is 6.10 Å². The van der Waals surface area contributed by atoms with Crippen molar-refractivity contribution in [2.45, 2.75) is 38.8 Å². The third kappa shape index (κ3) is 2.25. The number of ether oxygens (including phenoxy) is 1. The van der Waals surface area contributed by atoms with Crippen molar-refractivity contribution in [3.05, 3.63) is 29.6 Å². The van der Waals surface area contributed by atoms with E-state index in [0.717, 1.165) is 25.0 Å². The fourth-order valence-corrected chi connectivity index (χ4v) is 2.50. The molecule has 88 valence electrons. The quantitative estimate of drug-likeness (QED) is 0.849. The van der Waals surface area contributed by atoms with E-state index in [1.807, 2.05) is 19.3 Å². The lowest BCUT2D eigenvalue weighted by molar-refractivity contribution is 0.0813. The summed E-state index contributed by atoms with van der Waals surface area (Å²) in [7, 11) is 0. The highest BCUT2D eigenvalue weighted by atomic mass is 16.5. The van der Waals surface area contributed by atoms with Gasteiger partial charge in [0.15, 0.2) is 0 Å². The maximum atomic E-state index is 6.32. The van der Waals surface area contributed by atoms with E-state index in [1.54, 1.807) is 0 Å². The SMILES string of the molecule is CCC1OCCC1C(N)c1cncc(C)c1. The molecular formula is C13H20N2O. The Balaban J connectivity index is 2.15. The molecule has 1 saturated heterocycles. The van der Waals surface area contributed by atoms with Gasteiger partial charge in [-0.05, 0) is 30.9 Å². The van der Waals surface area contributed by atoms with Crippen molar-refractivity contribution in [2.24, 2.45) is 11.7 Å². The summed E-state index contributed by atoms with van der Waals surface area (Å²) in [6, 6.07) is 2.18. The second kappa shape index (κ2) is 4.93. The molecule has 0 bridgehead atoms. The molecule has 1 aromatic heterocycles. The van der Waals surface area contributed by atoms with Gasteiger partial charge in [-0.2, -0.15) is 0 Å². The summed E-state index contributed by atoms with van der Waals surface area (Å²) in [6.45, 7) is 5.05. The smallest absolute Gasteiger partial charge is 0.0619 e. The first kappa shape index (κ1) is 11.6. The van der Waals surface area contributed by atoms with E-state index in [-0.39, 0.29) is 6.04 Å². The van der Waals surface area contributed by atoms with Crippen molar-refractivity contribution in [3.8, 4) is 0 Å². The van der Waals surface area contributed by atoms with E-state index < -0.39 is 0 Å². The zero-order valence-electron chi connectivity index (χ0n) is 10.0. The summed E-state index contributed by atoms with van der Waals surface area (Å²) in [5.74, 6) is 0.439. The van der Waals surface area contributed by atoms with Gasteiger partial charge in [0.1, 0.15) is 0 Å². The lowest BCUT2D eigenvalue weighted by Gasteiger charge is -2.23. The number of rotatable bonds is 3. The molecule has 0 aromatic carbocycles. The van der Waals surface area contributed by atoms with Gasteiger partial charge in [0, 0.05) is 31.0 Å². The van der Waals surface area contributed by atoms with E-state index in [1.165, 1.54) is 5.56 Å². The van der Waals surface area contributed by atoms with Gasteiger partial charge < -0.3 is 10.5 Å². The standard InChI is InChI=1S/C13H20N2O/c1-3-12-11(4-5-16-12)13(14)10-6-9(2)7-15-8-10/h6-8,11-13H,3-5,14H2,1-2H3. The number of nitrogens with zero attached hydrogens (tertiary/aromatic N) is 1. The topological polar surface area (TPSA) is 48.1 Å². The molecule has 0 aliphatic carbocycles. The molecule has 0 saturated carbocycles. The van der Waals surface area contributed by atoms with Gasteiger partial charge >= 0.3 is 0 Å². The van der Waals surface area contributed by atoms with Crippen LogP contribution in [0.3, 0.4) is 0 Å². The molecule has 3 heteroatoms. The van der Waals surface area contributed by atoms with Crippen LogP contribution in [0.4, 0.5) is 0 Å². The first-order valence-corrected chi connectivity index (χ1v) is 6.01. The zero-order chi connectivity index (χ0) is 11.5. The summed E-state index contributed by atoms with van der Waals surface area (Å²) in [5, 5.41) is 0. The summed E-state index contributed by atoms with van der Waals surface area (Å²) in [5.41, 5.74) is 8.62. The first-order valence-electron chi connectivity index (χ1n) is 6.01. The van der Waals surface area contributed by atoms with Crippen molar-refractivity contribution in [1.29, 1.82) is 0 Å². The Labute approximate surface area is 97.0 Å². The molecule has 1 aliphatic heterocycles. The average molecular weight is 220 g/mol. The van der Waals surface area contributed by atoms with Crippen molar-refractivity contribution >= 4 is 0 Å². The van der Waals surface area contributed by atoms with E-state index in [2.05, 4.69) is 18.0 Å². The molecule has 0 radical (unpaired) electrons. The average Bonchev–Trinajstić information content (AvgIpc) is 2.76. The molecule has 3 unspecified atom stereocenters. The molecule has 2 heterocycles. The van der Waals surface area contributed by atoms with Crippen molar-refractivity contribution in [2.75, 3.05) is 6.61 Å². The largest absolute Gasteiger partial charge is 0.378 e. The van der Waals surface area contributed by atoms with Crippen LogP contribution in [0, 0.1) is 12.8 Å². The molecule has 2 N–H and O–H groups in total. The summed E-state index contributed by atoms with van der Waals surface area (Å²) in [4.78, 5) is 4.21. The highest BCUT2D eigenvalue weighted by Crippen LogP contribution is 2.33. The van der Waals surface area contributed by atoms with Crippen LogP contribution in [0.15, 0.2) is 18.5 Å². The molecule has 2 rings (SSSR count). The highest BCUT2D eigenvalue weighted by molar-refractivity contribution is 5.21. The molecule has 3 nitrogen and oxygen atoms in total. The number of hydrogen-bond acceptors (Lipinski definition) is 3. The van der Waals surface area contributed by atoms with E-state index in [0.29, 0.717) is 12.0 Å². The fraction of sp³-hybridized carbons (Fsp3) is 0.615. The molecule has 16 heavy (non-hydrogen) atoms. The van der Waals surface area contributed by atoms with Gasteiger partial charge in [-0.15, -0.1) is 0 Å². The van der Waals surface area contributed by atoms with E-state index in [4.69, 9.17) is 10.5 Å². The molecule has 0 spiro atoms. The second-order valence-electron chi connectivity index (χ2n) is 4.59. The molecular weight excluding hydrogens is 200 g/mol. The lowest BCUT2D eigenvalue weighted by atomic mass is 9.88. The molecule has 3 atom stereocenters. The molecule has 1 aromatic rings. The Morgan fingerprint density at radius 3 is 3.06 bits per heavy atom. The second-order valence-corrected chi connectivity index (χ2v) is 4.59. The number of aryl methyl sites for hydroxylation is 1. The fourth-order valence-electron chi connectivity index (χ4n) is 2.50. The highest BCUT2D eigenvalue weighted by Gasteiger charge is 2.32. The Bertz CT molecular complexity index is 354. The minimum atomic E-state index is 0.0554. The predicted octanol–water partition coefficient (Wildman–Crippen LogP) is 2.20. The Hall–Kier alpha value is -0.930. The Morgan fingerprint density at radius 1 is 1.56 bits per heavy atom. The number of pyridine rings is 1. The van der Waals surface area contributed by atoms with Crippen LogP contribution in [0.25, 0.3) is 0 Å². The van der Waals surface area contributed by atoms with Crippen molar-refractivity contribution in [3.63, 3.8) is 0 Å². The van der Waals surface area contributed by atoms with Crippen molar-refractivity contribution < 1.29 is 4.74 Å². The van der Waals surface area contributed by atoms with Crippen LogP contribution in [0.1, 0.15) is 36.9 Å². The Kier molecular flexibility index (Phi) is 3.56. The minimum absolute atomic E-state index is 0.0554. The van der Waals surface area contributed by atoms with Crippen LogP contribution in [-0.2, 0) is 4.74 Å². The van der Waals surface area contributed by atoms with E-state index in [9.17, 15) is 0 Å². The minimum Gasteiger partial charge on any atom is -0.378 e. The number of aromatic nitrogens is 1. The summed E-state index contributed by atoms with van der Waals surface area (Å²) in [6.07, 6.45) is 6.16. The first-order chi connectivity index (χ1) is 7.72. The predicted molar refractivity (Wildman–Crippen MR) is 64.0 cm³/mol. The lowest BCUT2D eigenvalue weighted by Crippen LogP contribution is -2.28. The number of hydrogen-bond donors (Lipinski definition) is 1. The summed E-state index contributed by atoms with van der Waals surface area (Å²) >= 11 is 0. The van der Waals surface area contributed by atoms with Gasteiger partial charge in [-0.1, -0.05) is 13.0 Å². The third-order valence-electron chi connectivity index (χ3n) is 3.41. The molecule has 0 amide bonds. The zero-order valence-corrected chi connectivity index (χ0v) is 10.0. The number of nitrogens with two attached hydrogens (primary N) is 1. The van der Waals surface area contributed by atoms with Gasteiger partial charge in [-0.3, -0.25) is 4.98 Å². The van der Waals surface area contributed by atoms with Crippen LogP contribution in [0.2, 0.25) is 0 Å². The van der Waals surface area contributed by atoms with Gasteiger partial charge in [0.25, 0.3) is 0 Å². The van der Waals surface area contributed by atoms with Crippen LogP contribution in [-0.4, -0.2) is 17.7 Å².